The molecule has 0 aliphatic heterocycles. The molecule has 0 aliphatic carbocycles. The quantitative estimate of drug-likeness (QED) is 0.943. The molecule has 4 nitrogen and oxygen atoms in total. The number of aromatic nitrogens is 1. The van der Waals surface area contributed by atoms with Gasteiger partial charge in [0.05, 0.1) is 11.7 Å². The maximum Gasteiger partial charge on any atom is 0.266 e. The Balaban J connectivity index is 2.27. The summed E-state index contributed by atoms with van der Waals surface area (Å²) in [5.41, 5.74) is 7.22. The van der Waals surface area contributed by atoms with Gasteiger partial charge in [0, 0.05) is 12.1 Å². The molecule has 1 aromatic carbocycles. The number of anilines is 1. The summed E-state index contributed by atoms with van der Waals surface area (Å²) in [5, 5.41) is 1.06. The predicted molar refractivity (Wildman–Crippen MR) is 83.2 cm³/mol. The van der Waals surface area contributed by atoms with E-state index in [-0.39, 0.29) is 11.9 Å². The fourth-order valence-electron chi connectivity index (χ4n) is 1.97. The average molecular weight is 310 g/mol. The number of carbonyl (C=O) groups excluding carboxylic acids is 1. The zero-order chi connectivity index (χ0) is 14.9. The van der Waals surface area contributed by atoms with E-state index in [1.54, 1.807) is 18.9 Å². The molecule has 1 unspecified atom stereocenters. The van der Waals surface area contributed by atoms with Crippen LogP contribution in [0.15, 0.2) is 24.3 Å². The maximum absolute atomic E-state index is 12.5. The number of amides is 1. The van der Waals surface area contributed by atoms with Crippen LogP contribution in [0.25, 0.3) is 0 Å². The summed E-state index contributed by atoms with van der Waals surface area (Å²) in [4.78, 5) is 18.8. The lowest BCUT2D eigenvalue weighted by atomic mass is 10.1. The van der Waals surface area contributed by atoms with Crippen molar-refractivity contribution in [1.29, 1.82) is 0 Å². The first-order valence-electron chi connectivity index (χ1n) is 6.16. The monoisotopic (exact) mass is 309 g/mol. The van der Waals surface area contributed by atoms with Crippen LogP contribution in [0, 0.1) is 6.92 Å². The van der Waals surface area contributed by atoms with Gasteiger partial charge in [0.15, 0.2) is 5.13 Å². The van der Waals surface area contributed by atoms with Crippen LogP contribution in [0.1, 0.15) is 33.9 Å². The number of hydrogen-bond donors (Lipinski definition) is 1. The predicted octanol–water partition coefficient (Wildman–Crippen LogP) is 3.52. The van der Waals surface area contributed by atoms with Gasteiger partial charge in [-0.15, -0.1) is 0 Å². The molecular formula is C14H16ClN3OS. The molecule has 0 spiro atoms. The van der Waals surface area contributed by atoms with Crippen molar-refractivity contribution >= 4 is 34.0 Å². The summed E-state index contributed by atoms with van der Waals surface area (Å²) in [6.45, 7) is 3.73. The second-order valence-corrected chi connectivity index (χ2v) is 6.02. The zero-order valence-electron chi connectivity index (χ0n) is 11.6. The number of nitrogen functional groups attached to an aromatic ring is 1. The molecule has 0 saturated carbocycles. The van der Waals surface area contributed by atoms with E-state index in [0.29, 0.717) is 20.7 Å². The first kappa shape index (κ1) is 14.8. The van der Waals surface area contributed by atoms with Crippen LogP contribution in [0.2, 0.25) is 5.02 Å². The molecule has 0 radical (unpaired) electrons. The van der Waals surface area contributed by atoms with E-state index in [1.165, 1.54) is 11.3 Å². The lowest BCUT2D eigenvalue weighted by Gasteiger charge is -2.25. The fourth-order valence-corrected chi connectivity index (χ4v) is 3.08. The van der Waals surface area contributed by atoms with Crippen LogP contribution in [-0.2, 0) is 0 Å². The largest absolute Gasteiger partial charge is 0.375 e. The second-order valence-electron chi connectivity index (χ2n) is 4.58. The molecule has 2 N–H and O–H groups in total. The summed E-state index contributed by atoms with van der Waals surface area (Å²) < 4.78 is 0. The Morgan fingerprint density at radius 3 is 2.65 bits per heavy atom. The minimum Gasteiger partial charge on any atom is -0.375 e. The van der Waals surface area contributed by atoms with Gasteiger partial charge in [-0.05, 0) is 25.5 Å². The van der Waals surface area contributed by atoms with Crippen LogP contribution in [0.5, 0.6) is 0 Å². The van der Waals surface area contributed by atoms with E-state index in [1.807, 2.05) is 31.2 Å². The van der Waals surface area contributed by atoms with E-state index in [4.69, 9.17) is 17.3 Å². The van der Waals surface area contributed by atoms with Crippen molar-refractivity contribution in [2.75, 3.05) is 12.8 Å². The highest BCUT2D eigenvalue weighted by Gasteiger charge is 2.23. The van der Waals surface area contributed by atoms with Gasteiger partial charge in [0.25, 0.3) is 5.91 Å². The van der Waals surface area contributed by atoms with Crippen molar-refractivity contribution in [2.24, 2.45) is 0 Å². The van der Waals surface area contributed by atoms with E-state index >= 15 is 0 Å². The van der Waals surface area contributed by atoms with Gasteiger partial charge < -0.3 is 10.6 Å². The first-order valence-corrected chi connectivity index (χ1v) is 7.35. The molecule has 1 atom stereocenters. The van der Waals surface area contributed by atoms with Gasteiger partial charge in [0.1, 0.15) is 4.88 Å². The standard InChI is InChI=1S/C14H16ClN3OS/c1-8-12(20-14(16)17-8)13(19)18(3)9(2)10-6-4-5-7-11(10)15/h4-7,9H,1-3H3,(H2,16,17). The molecule has 0 bridgehead atoms. The van der Waals surface area contributed by atoms with E-state index < -0.39 is 0 Å². The molecule has 0 aliphatic rings. The molecule has 20 heavy (non-hydrogen) atoms. The van der Waals surface area contributed by atoms with Gasteiger partial charge in [-0.3, -0.25) is 4.79 Å². The number of nitrogens with two attached hydrogens (primary N) is 1. The van der Waals surface area contributed by atoms with Crippen molar-refractivity contribution in [1.82, 2.24) is 9.88 Å². The van der Waals surface area contributed by atoms with Crippen LogP contribution < -0.4 is 5.73 Å². The number of halogens is 1. The zero-order valence-corrected chi connectivity index (χ0v) is 13.1. The van der Waals surface area contributed by atoms with Gasteiger partial charge >= 0.3 is 0 Å². The minimum atomic E-state index is -0.126. The highest BCUT2D eigenvalue weighted by Crippen LogP contribution is 2.29. The molecular weight excluding hydrogens is 294 g/mol. The molecule has 2 rings (SSSR count). The van der Waals surface area contributed by atoms with Crippen LogP contribution >= 0.6 is 22.9 Å². The Morgan fingerprint density at radius 2 is 2.10 bits per heavy atom. The van der Waals surface area contributed by atoms with Gasteiger partial charge in [-0.1, -0.05) is 41.1 Å². The van der Waals surface area contributed by atoms with E-state index in [2.05, 4.69) is 4.98 Å². The Kier molecular flexibility index (Phi) is 4.30. The number of benzene rings is 1. The van der Waals surface area contributed by atoms with Crippen molar-refractivity contribution in [3.8, 4) is 0 Å². The Labute approximate surface area is 127 Å². The smallest absolute Gasteiger partial charge is 0.266 e. The average Bonchev–Trinajstić information content (AvgIpc) is 2.76. The summed E-state index contributed by atoms with van der Waals surface area (Å²) in [5.74, 6) is -0.0934. The van der Waals surface area contributed by atoms with E-state index in [9.17, 15) is 4.79 Å². The number of hydrogen-bond acceptors (Lipinski definition) is 4. The number of rotatable bonds is 3. The topological polar surface area (TPSA) is 59.2 Å². The lowest BCUT2D eigenvalue weighted by molar-refractivity contribution is 0.0746. The number of thiazole rings is 1. The third-order valence-corrected chi connectivity index (χ3v) is 4.58. The SMILES string of the molecule is Cc1nc(N)sc1C(=O)N(C)C(C)c1ccccc1Cl. The molecule has 1 amide bonds. The van der Waals surface area contributed by atoms with Gasteiger partial charge in [-0.25, -0.2) is 4.98 Å². The number of aryl methyl sites for hydroxylation is 1. The molecule has 0 fully saturated rings. The maximum atomic E-state index is 12.5. The van der Waals surface area contributed by atoms with Gasteiger partial charge in [0.2, 0.25) is 0 Å². The fraction of sp³-hybridized carbons (Fsp3) is 0.286. The van der Waals surface area contributed by atoms with Crippen molar-refractivity contribution in [3.63, 3.8) is 0 Å². The van der Waals surface area contributed by atoms with Crippen molar-refractivity contribution in [2.45, 2.75) is 19.9 Å². The highest BCUT2D eigenvalue weighted by molar-refractivity contribution is 7.17. The molecule has 0 saturated heterocycles. The molecule has 106 valence electrons. The normalized spacial score (nSPS) is 12.2. The number of carbonyl (C=O) groups is 1. The Morgan fingerprint density at radius 1 is 1.45 bits per heavy atom. The Bertz CT molecular complexity index is 641. The second kappa shape index (κ2) is 5.81. The van der Waals surface area contributed by atoms with Crippen molar-refractivity contribution < 1.29 is 4.79 Å². The molecule has 1 heterocycles. The van der Waals surface area contributed by atoms with Crippen molar-refractivity contribution in [3.05, 3.63) is 45.4 Å². The van der Waals surface area contributed by atoms with Crippen LogP contribution in [0.3, 0.4) is 0 Å². The number of nitrogens with zero attached hydrogens (tertiary/aromatic N) is 2. The minimum absolute atomic E-state index is 0.0934. The summed E-state index contributed by atoms with van der Waals surface area (Å²) in [6, 6.07) is 7.39. The Hall–Kier alpha value is -1.59. The van der Waals surface area contributed by atoms with Crippen LogP contribution in [-0.4, -0.2) is 22.8 Å². The van der Waals surface area contributed by atoms with Crippen LogP contribution in [0.4, 0.5) is 5.13 Å². The third-order valence-electron chi connectivity index (χ3n) is 3.26. The highest BCUT2D eigenvalue weighted by atomic mass is 35.5. The molecule has 1 aromatic heterocycles. The lowest BCUT2D eigenvalue weighted by Crippen LogP contribution is -2.29. The molecule has 2 aromatic rings. The van der Waals surface area contributed by atoms with Gasteiger partial charge in [-0.2, -0.15) is 0 Å². The molecule has 6 heteroatoms. The summed E-state index contributed by atoms with van der Waals surface area (Å²) >= 11 is 7.39. The third kappa shape index (κ3) is 2.78. The van der Waals surface area contributed by atoms with E-state index in [0.717, 1.165) is 5.56 Å². The first-order chi connectivity index (χ1) is 9.41. The summed E-state index contributed by atoms with van der Waals surface area (Å²) in [7, 11) is 1.76. The summed E-state index contributed by atoms with van der Waals surface area (Å²) in [6.07, 6.45) is 0.